The van der Waals surface area contributed by atoms with Crippen molar-refractivity contribution in [2.75, 3.05) is 31.1 Å². The summed E-state index contributed by atoms with van der Waals surface area (Å²) in [5.74, 6) is 1.22. The summed E-state index contributed by atoms with van der Waals surface area (Å²) in [6, 6.07) is 21.6. The zero-order valence-electron chi connectivity index (χ0n) is 15.9. The van der Waals surface area contributed by atoms with Crippen molar-refractivity contribution in [3.8, 4) is 11.3 Å². The van der Waals surface area contributed by atoms with Gasteiger partial charge in [-0.05, 0) is 12.1 Å². The summed E-state index contributed by atoms with van der Waals surface area (Å²) >= 11 is 0. The maximum Gasteiger partial charge on any atom is 0.289 e. The van der Waals surface area contributed by atoms with Gasteiger partial charge in [0.15, 0.2) is 5.76 Å². The highest BCUT2D eigenvalue weighted by molar-refractivity contribution is 5.96. The van der Waals surface area contributed by atoms with Crippen LogP contribution >= 0.6 is 0 Å². The van der Waals surface area contributed by atoms with Gasteiger partial charge in [0.25, 0.3) is 5.91 Å². The number of carbonyl (C=O) groups excluding carboxylic acids is 1. The van der Waals surface area contributed by atoms with Crippen LogP contribution in [0.15, 0.2) is 77.5 Å². The number of hydrogen-bond acceptors (Lipinski definition) is 5. The van der Waals surface area contributed by atoms with Gasteiger partial charge < -0.3 is 14.2 Å². The van der Waals surface area contributed by atoms with E-state index in [1.54, 1.807) is 6.33 Å². The van der Waals surface area contributed by atoms with Gasteiger partial charge in [-0.1, -0.05) is 48.5 Å². The van der Waals surface area contributed by atoms with E-state index in [0.29, 0.717) is 18.8 Å². The van der Waals surface area contributed by atoms with Crippen molar-refractivity contribution in [3.63, 3.8) is 0 Å². The van der Waals surface area contributed by atoms with E-state index >= 15 is 0 Å². The lowest BCUT2D eigenvalue weighted by Crippen LogP contribution is -2.49. The lowest BCUT2D eigenvalue weighted by atomic mass is 10.1. The second kappa shape index (κ2) is 7.39. The standard InChI is InChI=1S/C23H20N4O2/c28-23(21-14-18-8-4-5-9-20(18)29-21)27-12-10-26(11-13-27)22-15-19(24-16-25-22)17-6-2-1-3-7-17/h1-9,14-16H,10-13H2. The number of fused-ring (bicyclic) bond motifs is 1. The average molecular weight is 384 g/mol. The van der Waals surface area contributed by atoms with Gasteiger partial charge >= 0.3 is 0 Å². The smallest absolute Gasteiger partial charge is 0.289 e. The van der Waals surface area contributed by atoms with Gasteiger partial charge in [-0.15, -0.1) is 0 Å². The molecule has 29 heavy (non-hydrogen) atoms. The quantitative estimate of drug-likeness (QED) is 0.537. The minimum Gasteiger partial charge on any atom is -0.451 e. The molecule has 0 bridgehead atoms. The average Bonchev–Trinajstić information content (AvgIpc) is 3.24. The monoisotopic (exact) mass is 384 g/mol. The first-order chi connectivity index (χ1) is 14.3. The molecule has 6 nitrogen and oxygen atoms in total. The van der Waals surface area contributed by atoms with Gasteiger partial charge in [0, 0.05) is 43.2 Å². The fourth-order valence-electron chi connectivity index (χ4n) is 3.67. The van der Waals surface area contributed by atoms with Gasteiger partial charge in [-0.25, -0.2) is 9.97 Å². The third-order valence-electron chi connectivity index (χ3n) is 5.25. The maximum absolute atomic E-state index is 12.8. The number of aromatic nitrogens is 2. The van der Waals surface area contributed by atoms with Crippen LogP contribution in [0, 0.1) is 0 Å². The molecule has 0 atom stereocenters. The lowest BCUT2D eigenvalue weighted by molar-refractivity contribution is 0.0717. The van der Waals surface area contributed by atoms with Crippen LogP contribution < -0.4 is 4.90 Å². The number of hydrogen-bond donors (Lipinski definition) is 0. The van der Waals surface area contributed by atoms with Crippen molar-refractivity contribution in [1.29, 1.82) is 0 Å². The summed E-state index contributed by atoms with van der Waals surface area (Å²) in [5.41, 5.74) is 2.70. The number of rotatable bonds is 3. The molecule has 144 valence electrons. The molecule has 2 aromatic carbocycles. The zero-order valence-corrected chi connectivity index (χ0v) is 15.9. The van der Waals surface area contributed by atoms with Crippen molar-refractivity contribution < 1.29 is 9.21 Å². The van der Waals surface area contributed by atoms with E-state index in [-0.39, 0.29) is 5.91 Å². The number of para-hydroxylation sites is 1. The van der Waals surface area contributed by atoms with Gasteiger partial charge in [0.1, 0.15) is 17.7 Å². The highest BCUT2D eigenvalue weighted by atomic mass is 16.3. The number of amides is 1. The van der Waals surface area contributed by atoms with Crippen LogP contribution in [0.25, 0.3) is 22.2 Å². The first-order valence-electron chi connectivity index (χ1n) is 9.68. The SMILES string of the molecule is O=C(c1cc2ccccc2o1)N1CCN(c2cc(-c3ccccc3)ncn2)CC1. The minimum atomic E-state index is -0.0616. The number of nitrogens with zero attached hydrogens (tertiary/aromatic N) is 4. The molecule has 4 aromatic rings. The molecular formula is C23H20N4O2. The van der Waals surface area contributed by atoms with E-state index in [0.717, 1.165) is 41.1 Å². The number of carbonyl (C=O) groups is 1. The Kier molecular flexibility index (Phi) is 4.44. The third kappa shape index (κ3) is 3.45. The minimum absolute atomic E-state index is 0.0616. The van der Waals surface area contributed by atoms with Crippen molar-refractivity contribution in [2.24, 2.45) is 0 Å². The first-order valence-corrected chi connectivity index (χ1v) is 9.68. The van der Waals surface area contributed by atoms with Crippen LogP contribution in [-0.2, 0) is 0 Å². The maximum atomic E-state index is 12.8. The molecule has 1 aliphatic heterocycles. The lowest BCUT2D eigenvalue weighted by Gasteiger charge is -2.35. The Bertz CT molecular complexity index is 1110. The molecule has 0 radical (unpaired) electrons. The third-order valence-corrected chi connectivity index (χ3v) is 5.25. The summed E-state index contributed by atoms with van der Waals surface area (Å²) in [7, 11) is 0. The topological polar surface area (TPSA) is 62.5 Å². The summed E-state index contributed by atoms with van der Waals surface area (Å²) in [5, 5.41) is 0.948. The first kappa shape index (κ1) is 17.4. The van der Waals surface area contributed by atoms with E-state index in [9.17, 15) is 4.79 Å². The number of anilines is 1. The molecule has 3 heterocycles. The van der Waals surface area contributed by atoms with Crippen molar-refractivity contribution in [3.05, 3.63) is 78.8 Å². The van der Waals surface area contributed by atoms with Crippen molar-refractivity contribution in [1.82, 2.24) is 14.9 Å². The highest BCUT2D eigenvalue weighted by Crippen LogP contribution is 2.23. The van der Waals surface area contributed by atoms with E-state index in [4.69, 9.17) is 4.42 Å². The molecule has 0 saturated carbocycles. The van der Waals surface area contributed by atoms with Crippen LogP contribution in [-0.4, -0.2) is 47.0 Å². The molecule has 1 saturated heterocycles. The van der Waals surface area contributed by atoms with Crippen LogP contribution in [0.1, 0.15) is 10.6 Å². The molecule has 1 amide bonds. The molecule has 0 spiro atoms. The molecule has 6 heteroatoms. The Balaban J connectivity index is 1.28. The van der Waals surface area contributed by atoms with Crippen molar-refractivity contribution in [2.45, 2.75) is 0 Å². The zero-order chi connectivity index (χ0) is 19.6. The van der Waals surface area contributed by atoms with Crippen LogP contribution in [0.4, 0.5) is 5.82 Å². The fraction of sp³-hybridized carbons (Fsp3) is 0.174. The summed E-state index contributed by atoms with van der Waals surface area (Å²) in [4.78, 5) is 25.7. The number of piperazine rings is 1. The molecule has 0 N–H and O–H groups in total. The van der Waals surface area contributed by atoms with E-state index in [1.807, 2.05) is 71.6 Å². The summed E-state index contributed by atoms with van der Waals surface area (Å²) in [6.45, 7) is 2.69. The molecule has 0 unspecified atom stereocenters. The fourth-order valence-corrected chi connectivity index (χ4v) is 3.67. The molecular weight excluding hydrogens is 364 g/mol. The Labute approximate surface area is 168 Å². The number of benzene rings is 2. The van der Waals surface area contributed by atoms with Gasteiger partial charge in [0.2, 0.25) is 0 Å². The Morgan fingerprint density at radius 1 is 0.862 bits per heavy atom. The van der Waals surface area contributed by atoms with Gasteiger partial charge in [0.05, 0.1) is 5.69 Å². The number of furan rings is 1. The Hall–Kier alpha value is -3.67. The van der Waals surface area contributed by atoms with Crippen LogP contribution in [0.2, 0.25) is 0 Å². The van der Waals surface area contributed by atoms with E-state index < -0.39 is 0 Å². The highest BCUT2D eigenvalue weighted by Gasteiger charge is 2.25. The van der Waals surface area contributed by atoms with E-state index in [2.05, 4.69) is 14.9 Å². The predicted molar refractivity (Wildman–Crippen MR) is 112 cm³/mol. The largest absolute Gasteiger partial charge is 0.451 e. The second-order valence-electron chi connectivity index (χ2n) is 7.06. The predicted octanol–water partition coefficient (Wildman–Crippen LogP) is 3.85. The molecule has 2 aromatic heterocycles. The van der Waals surface area contributed by atoms with Crippen molar-refractivity contribution >= 4 is 22.7 Å². The Morgan fingerprint density at radius 3 is 2.41 bits per heavy atom. The molecule has 1 fully saturated rings. The molecule has 0 aliphatic carbocycles. The Morgan fingerprint density at radius 2 is 1.62 bits per heavy atom. The second-order valence-corrected chi connectivity index (χ2v) is 7.06. The molecule has 5 rings (SSSR count). The summed E-state index contributed by atoms with van der Waals surface area (Å²) < 4.78 is 5.73. The normalized spacial score (nSPS) is 14.3. The van der Waals surface area contributed by atoms with E-state index in [1.165, 1.54) is 0 Å². The van der Waals surface area contributed by atoms with Crippen LogP contribution in [0.5, 0.6) is 0 Å². The summed E-state index contributed by atoms with van der Waals surface area (Å²) in [6.07, 6.45) is 1.60. The van der Waals surface area contributed by atoms with Gasteiger partial charge in [-0.2, -0.15) is 0 Å². The van der Waals surface area contributed by atoms with Crippen LogP contribution in [0.3, 0.4) is 0 Å². The molecule has 1 aliphatic rings. The van der Waals surface area contributed by atoms with Gasteiger partial charge in [-0.3, -0.25) is 4.79 Å².